The van der Waals surface area contributed by atoms with Crippen LogP contribution in [0.5, 0.6) is 0 Å². The third-order valence-electron chi connectivity index (χ3n) is 6.27. The number of carboxylic acid groups (broad SMARTS) is 1. The largest absolute Gasteiger partial charge is 0.477 e. The lowest BCUT2D eigenvalue weighted by Crippen LogP contribution is -2.19. The summed E-state index contributed by atoms with van der Waals surface area (Å²) in [5, 5.41) is 19.7. The minimum atomic E-state index is -0.890. The maximum atomic E-state index is 12.4. The number of halogens is 1. The zero-order valence-corrected chi connectivity index (χ0v) is 20.0. The molecule has 1 aliphatic carbocycles. The standard InChI is InChI=1S/C26H31ClO4S/c1-16(2)5-3-8-22(28)17-9-11-18(12-10-17)25-20(21(27)15-23(25)29)7-4-6-19-13-14-24(32-19)26(30)31/h9-14,20-21,23,25,29H,1,3-8,15H2,2H3,(H,30,31)/t20?,21-,23-,25?/m1/s1. The molecule has 0 radical (unpaired) electrons. The van der Waals surface area contributed by atoms with Crippen LogP contribution in [0.15, 0.2) is 48.6 Å². The number of rotatable bonds is 11. The van der Waals surface area contributed by atoms with E-state index >= 15 is 0 Å². The van der Waals surface area contributed by atoms with Crippen molar-refractivity contribution >= 4 is 34.7 Å². The van der Waals surface area contributed by atoms with Crippen LogP contribution in [0.3, 0.4) is 0 Å². The Bertz CT molecular complexity index is 949. The number of aryl methyl sites for hydroxylation is 1. The summed E-state index contributed by atoms with van der Waals surface area (Å²) >= 11 is 7.93. The van der Waals surface area contributed by atoms with Crippen LogP contribution >= 0.6 is 22.9 Å². The first-order valence-electron chi connectivity index (χ1n) is 11.2. The summed E-state index contributed by atoms with van der Waals surface area (Å²) in [5.74, 6) is -0.669. The molecule has 1 aliphatic rings. The third kappa shape index (κ3) is 6.31. The van der Waals surface area contributed by atoms with E-state index in [1.807, 2.05) is 37.3 Å². The monoisotopic (exact) mass is 474 g/mol. The van der Waals surface area contributed by atoms with Crippen LogP contribution in [0.2, 0.25) is 0 Å². The second-order valence-electron chi connectivity index (χ2n) is 8.83. The highest BCUT2D eigenvalue weighted by atomic mass is 35.5. The van der Waals surface area contributed by atoms with Crippen LogP contribution in [-0.4, -0.2) is 33.4 Å². The van der Waals surface area contributed by atoms with Crippen LogP contribution in [-0.2, 0) is 6.42 Å². The van der Waals surface area contributed by atoms with Gasteiger partial charge in [-0.2, -0.15) is 0 Å². The van der Waals surface area contributed by atoms with E-state index in [0.717, 1.165) is 48.1 Å². The minimum Gasteiger partial charge on any atom is -0.477 e. The van der Waals surface area contributed by atoms with Gasteiger partial charge in [0.15, 0.2) is 5.78 Å². The van der Waals surface area contributed by atoms with Gasteiger partial charge in [-0.25, -0.2) is 4.79 Å². The van der Waals surface area contributed by atoms with Gasteiger partial charge in [-0.05, 0) is 69.1 Å². The average Bonchev–Trinajstić information content (AvgIpc) is 3.32. The van der Waals surface area contributed by atoms with E-state index in [0.29, 0.717) is 23.3 Å². The molecule has 4 nitrogen and oxygen atoms in total. The Hall–Kier alpha value is -1.95. The third-order valence-corrected chi connectivity index (χ3v) is 7.90. The van der Waals surface area contributed by atoms with E-state index in [-0.39, 0.29) is 23.0 Å². The number of carbonyl (C=O) groups excluding carboxylic acids is 1. The highest BCUT2D eigenvalue weighted by Crippen LogP contribution is 2.45. The molecular formula is C26H31ClO4S. The molecule has 172 valence electrons. The molecule has 4 atom stereocenters. The summed E-state index contributed by atoms with van der Waals surface area (Å²) in [6.45, 7) is 5.85. The molecule has 6 heteroatoms. The molecule has 0 bridgehead atoms. The Morgan fingerprint density at radius 1 is 1.12 bits per heavy atom. The molecule has 1 heterocycles. The van der Waals surface area contributed by atoms with Gasteiger partial charge in [0.05, 0.1) is 6.10 Å². The molecule has 0 saturated heterocycles. The molecule has 1 aromatic heterocycles. The number of carbonyl (C=O) groups is 2. The first-order valence-corrected chi connectivity index (χ1v) is 12.4. The number of hydrogen-bond acceptors (Lipinski definition) is 4. The normalized spacial score (nSPS) is 22.7. The number of hydrogen-bond donors (Lipinski definition) is 2. The molecule has 1 aromatic carbocycles. The number of ketones is 1. The summed E-state index contributed by atoms with van der Waals surface area (Å²) in [5.41, 5.74) is 2.81. The van der Waals surface area contributed by atoms with Crippen LogP contribution in [0.25, 0.3) is 0 Å². The van der Waals surface area contributed by atoms with E-state index in [2.05, 4.69) is 6.58 Å². The van der Waals surface area contributed by atoms with E-state index in [1.165, 1.54) is 11.3 Å². The fraction of sp³-hybridized carbons (Fsp3) is 0.462. The van der Waals surface area contributed by atoms with Gasteiger partial charge in [-0.15, -0.1) is 29.5 Å². The van der Waals surface area contributed by atoms with Crippen molar-refractivity contribution < 1.29 is 19.8 Å². The number of aliphatic hydroxyl groups is 1. The summed E-state index contributed by atoms with van der Waals surface area (Å²) in [4.78, 5) is 24.9. The number of benzene rings is 1. The molecule has 2 N–H and O–H groups in total. The van der Waals surface area contributed by atoms with Gasteiger partial charge in [-0.3, -0.25) is 4.79 Å². The predicted molar refractivity (Wildman–Crippen MR) is 130 cm³/mol. The van der Waals surface area contributed by atoms with E-state index < -0.39 is 12.1 Å². The zero-order valence-electron chi connectivity index (χ0n) is 18.4. The molecule has 2 unspecified atom stereocenters. The van der Waals surface area contributed by atoms with Crippen LogP contribution in [0.4, 0.5) is 0 Å². The van der Waals surface area contributed by atoms with Crippen LogP contribution in [0.1, 0.15) is 81.8 Å². The summed E-state index contributed by atoms with van der Waals surface area (Å²) in [6.07, 6.45) is 4.79. The van der Waals surface area contributed by atoms with Crippen LogP contribution in [0, 0.1) is 5.92 Å². The lowest BCUT2D eigenvalue weighted by molar-refractivity contribution is 0.0702. The molecule has 2 aromatic rings. The van der Waals surface area contributed by atoms with E-state index in [4.69, 9.17) is 16.7 Å². The smallest absolute Gasteiger partial charge is 0.345 e. The van der Waals surface area contributed by atoms with Crippen molar-refractivity contribution in [3.05, 3.63) is 69.4 Å². The molecule has 0 spiro atoms. The maximum Gasteiger partial charge on any atom is 0.345 e. The van der Waals surface area contributed by atoms with Crippen molar-refractivity contribution in [1.29, 1.82) is 0 Å². The van der Waals surface area contributed by atoms with Crippen molar-refractivity contribution in [3.8, 4) is 0 Å². The Balaban J connectivity index is 1.61. The zero-order chi connectivity index (χ0) is 23.3. The van der Waals surface area contributed by atoms with Gasteiger partial charge in [0.1, 0.15) is 4.88 Å². The summed E-state index contributed by atoms with van der Waals surface area (Å²) in [7, 11) is 0. The summed E-state index contributed by atoms with van der Waals surface area (Å²) in [6, 6.07) is 11.2. The highest BCUT2D eigenvalue weighted by molar-refractivity contribution is 7.13. The van der Waals surface area contributed by atoms with Crippen molar-refractivity contribution in [2.45, 2.75) is 69.3 Å². The van der Waals surface area contributed by atoms with Gasteiger partial charge in [0.2, 0.25) is 0 Å². The average molecular weight is 475 g/mol. The molecule has 0 aliphatic heterocycles. The van der Waals surface area contributed by atoms with Crippen molar-refractivity contribution in [2.75, 3.05) is 0 Å². The number of thiophene rings is 1. The predicted octanol–water partition coefficient (Wildman–Crippen LogP) is 6.47. The van der Waals surface area contributed by atoms with Crippen molar-refractivity contribution in [1.82, 2.24) is 0 Å². The van der Waals surface area contributed by atoms with Crippen molar-refractivity contribution in [3.63, 3.8) is 0 Å². The van der Waals surface area contributed by atoms with Crippen molar-refractivity contribution in [2.24, 2.45) is 5.92 Å². The van der Waals surface area contributed by atoms with Gasteiger partial charge < -0.3 is 10.2 Å². The van der Waals surface area contributed by atoms with E-state index in [1.54, 1.807) is 6.07 Å². The highest BCUT2D eigenvalue weighted by Gasteiger charge is 2.41. The molecule has 3 rings (SSSR count). The molecule has 0 amide bonds. The topological polar surface area (TPSA) is 74.6 Å². The van der Waals surface area contributed by atoms with Gasteiger partial charge in [0.25, 0.3) is 0 Å². The summed E-state index contributed by atoms with van der Waals surface area (Å²) < 4.78 is 0. The lowest BCUT2D eigenvalue weighted by atomic mass is 9.84. The second-order valence-corrected chi connectivity index (χ2v) is 10.6. The van der Waals surface area contributed by atoms with E-state index in [9.17, 15) is 14.7 Å². The fourth-order valence-electron chi connectivity index (χ4n) is 4.62. The lowest BCUT2D eigenvalue weighted by Gasteiger charge is -2.24. The van der Waals surface area contributed by atoms with Gasteiger partial charge in [-0.1, -0.05) is 29.8 Å². The molecule has 1 saturated carbocycles. The Morgan fingerprint density at radius 2 is 1.84 bits per heavy atom. The minimum absolute atomic E-state index is 0.0528. The Kier molecular flexibility index (Phi) is 8.69. The Morgan fingerprint density at radius 3 is 2.47 bits per heavy atom. The second kappa shape index (κ2) is 11.3. The number of aliphatic hydroxyl groups excluding tert-OH is 1. The number of allylic oxidation sites excluding steroid dienone is 1. The number of carboxylic acids is 1. The van der Waals surface area contributed by atoms with Gasteiger partial charge >= 0.3 is 5.97 Å². The number of aromatic carboxylic acids is 1. The quantitative estimate of drug-likeness (QED) is 0.222. The Labute approximate surface area is 198 Å². The molecule has 1 fully saturated rings. The van der Waals surface area contributed by atoms with Gasteiger partial charge in [0, 0.05) is 28.2 Å². The fourth-order valence-corrected chi connectivity index (χ4v) is 5.97. The number of alkyl halides is 1. The molecule has 32 heavy (non-hydrogen) atoms. The van der Waals surface area contributed by atoms with Crippen LogP contribution < -0.4 is 0 Å². The molecular weight excluding hydrogens is 444 g/mol. The first kappa shape index (κ1) is 24.7. The number of Topliss-reactive ketones (excluding diaryl/α,β-unsaturated/α-hetero) is 1. The SMILES string of the molecule is C=C(C)CCCC(=O)c1ccc(C2C(CCCc3ccc(C(=O)O)s3)[C@H](Cl)C[C@H]2O)cc1. The first-order chi connectivity index (χ1) is 15.3. The maximum absolute atomic E-state index is 12.4.